The Bertz CT molecular complexity index is 1440. The Kier molecular flexibility index (Phi) is 6.57. The van der Waals surface area contributed by atoms with E-state index in [-0.39, 0.29) is 24.5 Å². The molecule has 0 aliphatic carbocycles. The number of carboxylic acid groups (broad SMARTS) is 1. The van der Waals surface area contributed by atoms with E-state index in [1.54, 1.807) is 0 Å². The molecule has 2 unspecified atom stereocenters. The molecule has 7 nitrogen and oxygen atoms in total. The Morgan fingerprint density at radius 3 is 2.81 bits per heavy atom. The molecule has 3 aromatic carbocycles. The number of fused-ring (bicyclic) bond motifs is 2. The number of Topliss-reactive ketones (excluding diaryl/α,β-unsaturated/α-hetero) is 1. The van der Waals surface area contributed by atoms with Gasteiger partial charge in [0.05, 0.1) is 12.5 Å². The maximum absolute atomic E-state index is 13.4. The first-order valence-corrected chi connectivity index (χ1v) is 12.2. The van der Waals surface area contributed by atoms with Gasteiger partial charge in [0.2, 0.25) is 0 Å². The third-order valence-electron chi connectivity index (χ3n) is 6.81. The van der Waals surface area contributed by atoms with Crippen molar-refractivity contribution >= 4 is 34.6 Å². The van der Waals surface area contributed by atoms with E-state index >= 15 is 0 Å². The van der Waals surface area contributed by atoms with Gasteiger partial charge in [-0.25, -0.2) is 0 Å². The van der Waals surface area contributed by atoms with Gasteiger partial charge in [-0.2, -0.15) is 4.98 Å². The molecule has 7 heteroatoms. The van der Waals surface area contributed by atoms with Crippen LogP contribution in [0.4, 0.5) is 11.7 Å². The van der Waals surface area contributed by atoms with Crippen molar-refractivity contribution in [2.45, 2.75) is 45.1 Å². The quantitative estimate of drug-likeness (QED) is 0.306. The number of para-hydroxylation sites is 1. The number of carboxylic acids is 1. The van der Waals surface area contributed by atoms with Gasteiger partial charge in [0.1, 0.15) is 5.52 Å². The molecular formula is C29H29N3O4. The average Bonchev–Trinajstić information content (AvgIpc) is 3.26. The number of aliphatic carboxylic acids is 1. The van der Waals surface area contributed by atoms with Crippen LogP contribution in [0.2, 0.25) is 0 Å². The van der Waals surface area contributed by atoms with E-state index in [0.717, 1.165) is 52.0 Å². The van der Waals surface area contributed by atoms with Crippen molar-refractivity contribution in [3.05, 3.63) is 88.5 Å². The van der Waals surface area contributed by atoms with E-state index in [1.807, 2.05) is 74.5 Å². The highest BCUT2D eigenvalue weighted by atomic mass is 16.4. The van der Waals surface area contributed by atoms with Crippen LogP contribution in [-0.4, -0.2) is 28.4 Å². The molecule has 5 rings (SSSR count). The Labute approximate surface area is 209 Å². The van der Waals surface area contributed by atoms with Crippen LogP contribution in [0.3, 0.4) is 0 Å². The molecule has 1 aliphatic rings. The van der Waals surface area contributed by atoms with E-state index in [1.165, 1.54) is 0 Å². The second-order valence-corrected chi connectivity index (χ2v) is 9.50. The summed E-state index contributed by atoms with van der Waals surface area (Å²) in [6, 6.07) is 19.6. The zero-order chi connectivity index (χ0) is 25.2. The number of benzene rings is 3. The molecule has 0 spiro atoms. The van der Waals surface area contributed by atoms with Crippen molar-refractivity contribution in [2.24, 2.45) is 0 Å². The highest BCUT2D eigenvalue weighted by molar-refractivity contribution is 5.89. The van der Waals surface area contributed by atoms with E-state index < -0.39 is 12.0 Å². The maximum atomic E-state index is 13.4. The van der Waals surface area contributed by atoms with Crippen LogP contribution in [-0.2, 0) is 22.4 Å². The summed E-state index contributed by atoms with van der Waals surface area (Å²) in [5.41, 5.74) is 7.25. The number of anilines is 2. The van der Waals surface area contributed by atoms with Crippen LogP contribution >= 0.6 is 0 Å². The number of hydrogen-bond acceptors (Lipinski definition) is 6. The molecule has 0 amide bonds. The number of ketones is 1. The van der Waals surface area contributed by atoms with Gasteiger partial charge in [-0.05, 0) is 65.3 Å². The number of oxazole rings is 1. The molecule has 184 valence electrons. The van der Waals surface area contributed by atoms with Crippen LogP contribution in [0.1, 0.15) is 53.1 Å². The standard InChI is InChI=1S/C29H29N3O4/c1-17-5-3-4-6-23(17)31-29-32-24-10-7-19(15-26(24)36-29)14-25(33)28-22-16-21(18(2)13-27(34)35)9-8-20(22)11-12-30-28/h3-10,15-16,18,28,30H,11-14H2,1-2H3,(H,31,32)(H,34,35). The first-order chi connectivity index (χ1) is 17.4. The normalized spacial score (nSPS) is 15.9. The molecule has 2 heterocycles. The molecule has 0 bridgehead atoms. The van der Waals surface area contributed by atoms with Crippen molar-refractivity contribution in [1.29, 1.82) is 0 Å². The summed E-state index contributed by atoms with van der Waals surface area (Å²) in [5, 5.41) is 15.8. The summed E-state index contributed by atoms with van der Waals surface area (Å²) >= 11 is 0. The number of rotatable bonds is 8. The average molecular weight is 484 g/mol. The van der Waals surface area contributed by atoms with Crippen LogP contribution in [0.25, 0.3) is 11.1 Å². The monoisotopic (exact) mass is 483 g/mol. The highest BCUT2D eigenvalue weighted by Crippen LogP contribution is 2.30. The maximum Gasteiger partial charge on any atom is 0.303 e. The molecule has 0 radical (unpaired) electrons. The summed E-state index contributed by atoms with van der Waals surface area (Å²) in [6.45, 7) is 4.64. The molecule has 4 aromatic rings. The Balaban J connectivity index is 1.34. The van der Waals surface area contributed by atoms with Crippen LogP contribution < -0.4 is 10.6 Å². The van der Waals surface area contributed by atoms with Gasteiger partial charge in [0, 0.05) is 18.7 Å². The van der Waals surface area contributed by atoms with E-state index in [0.29, 0.717) is 11.6 Å². The first-order valence-electron chi connectivity index (χ1n) is 12.2. The lowest BCUT2D eigenvalue weighted by Crippen LogP contribution is -2.36. The first kappa shape index (κ1) is 23.8. The zero-order valence-electron chi connectivity index (χ0n) is 20.4. The lowest BCUT2D eigenvalue weighted by atomic mass is 9.86. The van der Waals surface area contributed by atoms with Gasteiger partial charge < -0.3 is 20.2 Å². The summed E-state index contributed by atoms with van der Waals surface area (Å²) in [5.74, 6) is -0.885. The van der Waals surface area contributed by atoms with Crippen LogP contribution in [0.5, 0.6) is 0 Å². The largest absolute Gasteiger partial charge is 0.481 e. The second-order valence-electron chi connectivity index (χ2n) is 9.50. The van der Waals surface area contributed by atoms with Crippen LogP contribution in [0, 0.1) is 6.92 Å². The number of aryl methyl sites for hydroxylation is 1. The zero-order valence-corrected chi connectivity index (χ0v) is 20.4. The predicted octanol–water partition coefficient (Wildman–Crippen LogP) is 5.46. The van der Waals surface area contributed by atoms with Crippen molar-refractivity contribution < 1.29 is 19.1 Å². The molecule has 0 saturated heterocycles. The Hall–Kier alpha value is -3.97. The van der Waals surface area contributed by atoms with Gasteiger partial charge >= 0.3 is 5.97 Å². The van der Waals surface area contributed by atoms with Crippen molar-refractivity contribution in [3.63, 3.8) is 0 Å². The third-order valence-corrected chi connectivity index (χ3v) is 6.81. The molecule has 1 aliphatic heterocycles. The lowest BCUT2D eigenvalue weighted by molar-refractivity contribution is -0.137. The minimum absolute atomic E-state index is 0.0582. The van der Waals surface area contributed by atoms with E-state index in [2.05, 4.69) is 15.6 Å². The highest BCUT2D eigenvalue weighted by Gasteiger charge is 2.27. The van der Waals surface area contributed by atoms with Gasteiger partial charge in [-0.15, -0.1) is 0 Å². The number of carbonyl (C=O) groups excluding carboxylic acids is 1. The molecule has 3 N–H and O–H groups in total. The molecule has 0 fully saturated rings. The predicted molar refractivity (Wildman–Crippen MR) is 139 cm³/mol. The third kappa shape index (κ3) is 5.02. The fourth-order valence-corrected chi connectivity index (χ4v) is 4.81. The number of aromatic nitrogens is 1. The Morgan fingerprint density at radius 2 is 2.00 bits per heavy atom. The number of carbonyl (C=O) groups is 2. The fourth-order valence-electron chi connectivity index (χ4n) is 4.81. The molecule has 1 aromatic heterocycles. The number of hydrogen-bond donors (Lipinski definition) is 3. The summed E-state index contributed by atoms with van der Waals surface area (Å²) in [6.07, 6.45) is 1.15. The minimum atomic E-state index is -0.828. The molecule has 2 atom stereocenters. The summed E-state index contributed by atoms with van der Waals surface area (Å²) in [4.78, 5) is 29.1. The van der Waals surface area contributed by atoms with Crippen molar-refractivity contribution in [3.8, 4) is 0 Å². The molecule has 0 saturated carbocycles. The topological polar surface area (TPSA) is 104 Å². The SMILES string of the molecule is Cc1ccccc1Nc1nc2ccc(CC(=O)C3NCCc4ccc(C(C)CC(=O)O)cc43)cc2o1. The number of nitrogens with zero attached hydrogens (tertiary/aromatic N) is 1. The van der Waals surface area contributed by atoms with Gasteiger partial charge in [0.25, 0.3) is 6.01 Å². The van der Waals surface area contributed by atoms with Crippen molar-refractivity contribution in [2.75, 3.05) is 11.9 Å². The smallest absolute Gasteiger partial charge is 0.303 e. The van der Waals surface area contributed by atoms with Gasteiger partial charge in [0.15, 0.2) is 11.4 Å². The van der Waals surface area contributed by atoms with Crippen molar-refractivity contribution in [1.82, 2.24) is 10.3 Å². The number of nitrogens with one attached hydrogen (secondary N) is 2. The fraction of sp³-hybridized carbons (Fsp3) is 0.276. The second kappa shape index (κ2) is 9.95. The molecular weight excluding hydrogens is 454 g/mol. The minimum Gasteiger partial charge on any atom is -0.481 e. The Morgan fingerprint density at radius 1 is 1.17 bits per heavy atom. The summed E-state index contributed by atoms with van der Waals surface area (Å²) < 4.78 is 5.93. The summed E-state index contributed by atoms with van der Waals surface area (Å²) in [7, 11) is 0. The molecule has 36 heavy (non-hydrogen) atoms. The van der Waals surface area contributed by atoms with Crippen LogP contribution in [0.15, 0.2) is 65.1 Å². The lowest BCUT2D eigenvalue weighted by Gasteiger charge is -2.27. The van der Waals surface area contributed by atoms with Gasteiger partial charge in [-0.1, -0.05) is 49.4 Å². The van der Waals surface area contributed by atoms with E-state index in [9.17, 15) is 9.59 Å². The van der Waals surface area contributed by atoms with Gasteiger partial charge in [-0.3, -0.25) is 9.59 Å². The van der Waals surface area contributed by atoms with E-state index in [4.69, 9.17) is 9.52 Å².